The van der Waals surface area contributed by atoms with Crippen molar-refractivity contribution in [2.24, 2.45) is 0 Å². The number of carbonyl (C=O) groups excluding carboxylic acids is 1. The highest BCUT2D eigenvalue weighted by Gasteiger charge is 2.30. The second-order valence-corrected chi connectivity index (χ2v) is 10.4. The van der Waals surface area contributed by atoms with Gasteiger partial charge in [-0.3, -0.25) is 4.79 Å². The molecule has 0 bridgehead atoms. The number of ether oxygens (including phenoxy) is 1. The van der Waals surface area contributed by atoms with Gasteiger partial charge in [-0.05, 0) is 62.4 Å². The van der Waals surface area contributed by atoms with Crippen molar-refractivity contribution in [3.05, 3.63) is 59.7 Å². The molecule has 1 amide bonds. The molecule has 3 rings (SSSR count). The van der Waals surface area contributed by atoms with Gasteiger partial charge >= 0.3 is 0 Å². The van der Waals surface area contributed by atoms with Gasteiger partial charge in [0.05, 0.1) is 4.90 Å². The number of hydrogen-bond donors (Lipinski definition) is 1. The topological polar surface area (TPSA) is 75.7 Å². The van der Waals surface area contributed by atoms with Crippen molar-refractivity contribution in [1.29, 1.82) is 0 Å². The molecule has 0 aromatic heterocycles. The number of rotatable bonds is 7. The summed E-state index contributed by atoms with van der Waals surface area (Å²) in [6, 6.07) is 14.6. The lowest BCUT2D eigenvalue weighted by Crippen LogP contribution is -2.49. The Morgan fingerprint density at radius 3 is 2.13 bits per heavy atom. The fraction of sp³-hybridized carbons (Fsp3) is 0.458. The predicted octanol–water partition coefficient (Wildman–Crippen LogP) is 3.86. The maximum absolute atomic E-state index is 12.8. The maximum Gasteiger partial charge on any atom is 0.260 e. The van der Waals surface area contributed by atoms with Crippen LogP contribution < -0.4 is 10.1 Å². The van der Waals surface area contributed by atoms with E-state index in [1.807, 2.05) is 31.2 Å². The summed E-state index contributed by atoms with van der Waals surface area (Å²) in [5.41, 5.74) is 2.24. The van der Waals surface area contributed by atoms with Crippen molar-refractivity contribution in [3.8, 4) is 5.75 Å². The van der Waals surface area contributed by atoms with E-state index >= 15 is 0 Å². The van der Waals surface area contributed by atoms with Gasteiger partial charge < -0.3 is 10.1 Å². The van der Waals surface area contributed by atoms with Gasteiger partial charge in [0.1, 0.15) is 5.75 Å². The molecule has 1 N–H and O–H groups in total. The number of amides is 1. The number of carbonyl (C=O) groups is 1. The van der Waals surface area contributed by atoms with Crippen LogP contribution in [0.3, 0.4) is 0 Å². The molecule has 1 heterocycles. The summed E-state index contributed by atoms with van der Waals surface area (Å²) in [5, 5.41) is 3.00. The number of nitrogens with one attached hydrogen (secondary N) is 1. The molecule has 0 saturated carbocycles. The first kappa shape index (κ1) is 23.3. The first-order valence-corrected chi connectivity index (χ1v) is 12.2. The van der Waals surface area contributed by atoms with E-state index in [4.69, 9.17) is 4.74 Å². The second-order valence-electron chi connectivity index (χ2n) is 8.48. The van der Waals surface area contributed by atoms with Gasteiger partial charge in [0, 0.05) is 19.1 Å². The average molecular weight is 445 g/mol. The second kappa shape index (κ2) is 9.83. The number of benzene rings is 2. The summed E-state index contributed by atoms with van der Waals surface area (Å²) in [6.45, 7) is 8.67. The van der Waals surface area contributed by atoms with Crippen molar-refractivity contribution < 1.29 is 17.9 Å². The molecular weight excluding hydrogens is 412 g/mol. The SMILES string of the molecule is Cc1ccc(S(=O)(=O)N2CCC(NC(=O)C(C)Oc3ccc(C(C)C)cc3)CC2)cc1. The average Bonchev–Trinajstić information content (AvgIpc) is 2.74. The zero-order chi connectivity index (χ0) is 22.6. The van der Waals surface area contributed by atoms with Gasteiger partial charge in [-0.1, -0.05) is 43.7 Å². The molecule has 2 aromatic carbocycles. The van der Waals surface area contributed by atoms with E-state index in [0.717, 1.165) is 5.56 Å². The number of sulfonamides is 1. The Balaban J connectivity index is 1.50. The molecule has 168 valence electrons. The molecule has 7 heteroatoms. The summed E-state index contributed by atoms with van der Waals surface area (Å²) >= 11 is 0. The van der Waals surface area contributed by atoms with E-state index in [1.54, 1.807) is 31.2 Å². The highest BCUT2D eigenvalue weighted by molar-refractivity contribution is 7.89. The van der Waals surface area contributed by atoms with Gasteiger partial charge in [-0.2, -0.15) is 4.31 Å². The summed E-state index contributed by atoms with van der Waals surface area (Å²) in [6.07, 6.45) is 0.526. The third-order valence-electron chi connectivity index (χ3n) is 5.69. The fourth-order valence-corrected chi connectivity index (χ4v) is 5.08. The molecular formula is C24H32N2O4S. The molecule has 1 fully saturated rings. The van der Waals surface area contributed by atoms with E-state index in [2.05, 4.69) is 19.2 Å². The van der Waals surface area contributed by atoms with Crippen LogP contribution in [0.2, 0.25) is 0 Å². The van der Waals surface area contributed by atoms with Gasteiger partial charge in [0.15, 0.2) is 6.10 Å². The minimum atomic E-state index is -3.50. The Bertz CT molecular complexity index is 977. The molecule has 0 spiro atoms. The van der Waals surface area contributed by atoms with Crippen LogP contribution in [-0.4, -0.2) is 43.9 Å². The monoisotopic (exact) mass is 444 g/mol. The van der Waals surface area contributed by atoms with Crippen molar-refractivity contribution >= 4 is 15.9 Å². The number of aryl methyl sites for hydroxylation is 1. The van der Waals surface area contributed by atoms with E-state index in [-0.39, 0.29) is 11.9 Å². The van der Waals surface area contributed by atoms with Gasteiger partial charge in [-0.15, -0.1) is 0 Å². The summed E-state index contributed by atoms with van der Waals surface area (Å²) in [7, 11) is -3.50. The van der Waals surface area contributed by atoms with Crippen molar-refractivity contribution in [3.63, 3.8) is 0 Å². The predicted molar refractivity (Wildman–Crippen MR) is 122 cm³/mol. The maximum atomic E-state index is 12.8. The van der Waals surface area contributed by atoms with Gasteiger partial charge in [-0.25, -0.2) is 8.42 Å². The molecule has 1 unspecified atom stereocenters. The van der Waals surface area contributed by atoms with Crippen LogP contribution in [0.1, 0.15) is 50.7 Å². The summed E-state index contributed by atoms with van der Waals surface area (Å²) in [5.74, 6) is 0.911. The number of piperidine rings is 1. The quantitative estimate of drug-likeness (QED) is 0.704. The van der Waals surface area contributed by atoms with Gasteiger partial charge in [0.2, 0.25) is 10.0 Å². The van der Waals surface area contributed by atoms with Crippen molar-refractivity contribution in [2.75, 3.05) is 13.1 Å². The third-order valence-corrected chi connectivity index (χ3v) is 7.60. The highest BCUT2D eigenvalue weighted by Crippen LogP contribution is 2.22. The van der Waals surface area contributed by atoms with Gasteiger partial charge in [0.25, 0.3) is 5.91 Å². The molecule has 1 saturated heterocycles. The number of nitrogens with zero attached hydrogens (tertiary/aromatic N) is 1. The third kappa shape index (κ3) is 5.86. The Hall–Kier alpha value is -2.38. The summed E-state index contributed by atoms with van der Waals surface area (Å²) < 4.78 is 32.9. The molecule has 1 aliphatic rings. The van der Waals surface area contributed by atoms with Crippen LogP contribution in [0.25, 0.3) is 0 Å². The lowest BCUT2D eigenvalue weighted by molar-refractivity contribution is -0.128. The molecule has 1 atom stereocenters. The van der Waals surface area contributed by atoms with Crippen LogP contribution in [0, 0.1) is 6.92 Å². The molecule has 2 aromatic rings. The zero-order valence-corrected chi connectivity index (χ0v) is 19.5. The first-order chi connectivity index (χ1) is 14.7. The van der Waals surface area contributed by atoms with E-state index in [9.17, 15) is 13.2 Å². The van der Waals surface area contributed by atoms with Crippen LogP contribution >= 0.6 is 0 Å². The molecule has 1 aliphatic heterocycles. The van der Waals surface area contributed by atoms with Crippen LogP contribution in [-0.2, 0) is 14.8 Å². The lowest BCUT2D eigenvalue weighted by atomic mass is 10.0. The first-order valence-electron chi connectivity index (χ1n) is 10.8. The van der Waals surface area contributed by atoms with Crippen LogP contribution in [0.15, 0.2) is 53.4 Å². The van der Waals surface area contributed by atoms with E-state index < -0.39 is 16.1 Å². The smallest absolute Gasteiger partial charge is 0.260 e. The van der Waals surface area contributed by atoms with Crippen LogP contribution in [0.4, 0.5) is 0 Å². The minimum absolute atomic E-state index is 0.0636. The molecule has 31 heavy (non-hydrogen) atoms. The highest BCUT2D eigenvalue weighted by atomic mass is 32.2. The zero-order valence-electron chi connectivity index (χ0n) is 18.7. The Morgan fingerprint density at radius 1 is 1.00 bits per heavy atom. The fourth-order valence-electron chi connectivity index (χ4n) is 3.61. The number of hydrogen-bond acceptors (Lipinski definition) is 4. The normalized spacial score (nSPS) is 16.8. The molecule has 0 radical (unpaired) electrons. The largest absolute Gasteiger partial charge is 0.481 e. The van der Waals surface area contributed by atoms with Crippen LogP contribution in [0.5, 0.6) is 5.75 Å². The minimum Gasteiger partial charge on any atom is -0.481 e. The standard InChI is InChI=1S/C24H32N2O4S/c1-17(2)20-7-9-22(10-8-20)30-19(4)24(27)25-21-13-15-26(16-14-21)31(28,29)23-11-5-18(3)6-12-23/h5-12,17,19,21H,13-16H2,1-4H3,(H,25,27). The Kier molecular flexibility index (Phi) is 7.38. The Morgan fingerprint density at radius 2 is 1.58 bits per heavy atom. The summed E-state index contributed by atoms with van der Waals surface area (Å²) in [4.78, 5) is 12.9. The van der Waals surface area contributed by atoms with Crippen molar-refractivity contribution in [2.45, 2.75) is 63.5 Å². The van der Waals surface area contributed by atoms with Crippen molar-refractivity contribution in [1.82, 2.24) is 9.62 Å². The Labute approximate surface area is 185 Å². The lowest BCUT2D eigenvalue weighted by Gasteiger charge is -2.32. The molecule has 0 aliphatic carbocycles. The molecule has 6 nitrogen and oxygen atoms in total. The van der Waals surface area contributed by atoms with E-state index in [1.165, 1.54) is 9.87 Å². The van der Waals surface area contributed by atoms with E-state index in [0.29, 0.717) is 42.5 Å².